The number of anilines is 1. The summed E-state index contributed by atoms with van der Waals surface area (Å²) in [7, 11) is 2.91. The monoisotopic (exact) mass is 451 g/mol. The highest BCUT2D eigenvalue weighted by atomic mass is 35.5. The average molecular weight is 452 g/mol. The first-order valence-electron chi connectivity index (χ1n) is 9.22. The molecular weight excluding hydrogens is 435 g/mol. The number of hydrogen-bond donors (Lipinski definition) is 1. The lowest BCUT2D eigenvalue weighted by Gasteiger charge is -2.33. The van der Waals surface area contributed by atoms with Gasteiger partial charge in [-0.2, -0.15) is 0 Å². The Bertz CT molecular complexity index is 1190. The number of carbonyl (C=O) groups is 1. The van der Waals surface area contributed by atoms with Crippen LogP contribution in [0.25, 0.3) is 10.8 Å². The minimum absolute atomic E-state index is 0.114. The van der Waals surface area contributed by atoms with E-state index in [1.807, 2.05) is 0 Å². The van der Waals surface area contributed by atoms with Crippen LogP contribution in [-0.4, -0.2) is 36.7 Å². The molecule has 1 atom stereocenters. The van der Waals surface area contributed by atoms with Crippen molar-refractivity contribution >= 4 is 34.1 Å². The number of urea groups is 1. The number of fused-ring (bicyclic) bond motifs is 3. The van der Waals surface area contributed by atoms with Gasteiger partial charge in [-0.15, -0.1) is 0 Å². The van der Waals surface area contributed by atoms with Gasteiger partial charge in [-0.25, -0.2) is 22.9 Å². The average Bonchev–Trinajstić information content (AvgIpc) is 2.75. The minimum atomic E-state index is -1.03. The molecular formula is C21H17ClF3N3O3. The number of pyridine rings is 1. The number of hydrogen-bond acceptors (Lipinski definition) is 4. The fourth-order valence-corrected chi connectivity index (χ4v) is 3.75. The molecule has 0 aliphatic carbocycles. The summed E-state index contributed by atoms with van der Waals surface area (Å²) in [5, 5.41) is 3.15. The molecule has 2 aromatic carbocycles. The molecule has 0 radical (unpaired) electrons. The SMILES string of the molecule is COc1nc2c(c3cc(F)c(F)cc13)[C@@H](N(C)C(=O)Nc1ccc(F)c(Cl)c1)COC2. The van der Waals surface area contributed by atoms with Gasteiger partial charge in [0.25, 0.3) is 0 Å². The molecule has 10 heteroatoms. The number of carbonyl (C=O) groups excluding carboxylic acids is 1. The third kappa shape index (κ3) is 3.86. The molecule has 2 amide bonds. The molecule has 1 aromatic heterocycles. The first-order valence-corrected chi connectivity index (χ1v) is 9.60. The van der Waals surface area contributed by atoms with Crippen LogP contribution in [0, 0.1) is 17.5 Å². The van der Waals surface area contributed by atoms with Crippen molar-refractivity contribution in [1.82, 2.24) is 9.88 Å². The second kappa shape index (κ2) is 8.24. The molecule has 0 spiro atoms. The quantitative estimate of drug-likeness (QED) is 0.605. The highest BCUT2D eigenvalue weighted by Gasteiger charge is 2.32. The predicted octanol–water partition coefficient (Wildman–Crippen LogP) is 5.05. The lowest BCUT2D eigenvalue weighted by atomic mass is 9.95. The molecule has 1 N–H and O–H groups in total. The van der Waals surface area contributed by atoms with Gasteiger partial charge in [0.05, 0.1) is 37.1 Å². The molecule has 3 aromatic rings. The number of likely N-dealkylation sites (N-methyl/N-ethyl adjacent to an activating group) is 1. The fourth-order valence-electron chi connectivity index (χ4n) is 3.57. The Hall–Kier alpha value is -3.04. The van der Waals surface area contributed by atoms with Crippen molar-refractivity contribution in [2.24, 2.45) is 0 Å². The van der Waals surface area contributed by atoms with E-state index in [1.54, 1.807) is 0 Å². The predicted molar refractivity (Wildman–Crippen MR) is 109 cm³/mol. The van der Waals surface area contributed by atoms with Gasteiger partial charge in [-0.1, -0.05) is 11.6 Å². The van der Waals surface area contributed by atoms with Crippen LogP contribution in [0.3, 0.4) is 0 Å². The maximum absolute atomic E-state index is 14.1. The van der Waals surface area contributed by atoms with Crippen molar-refractivity contribution in [3.8, 4) is 5.88 Å². The molecule has 2 heterocycles. The van der Waals surface area contributed by atoms with E-state index in [0.717, 1.165) is 18.2 Å². The van der Waals surface area contributed by atoms with Gasteiger partial charge in [0.2, 0.25) is 5.88 Å². The summed E-state index contributed by atoms with van der Waals surface area (Å²) in [6.07, 6.45) is 0. The Morgan fingerprint density at radius 1 is 1.19 bits per heavy atom. The van der Waals surface area contributed by atoms with Crippen LogP contribution in [0.5, 0.6) is 5.88 Å². The summed E-state index contributed by atoms with van der Waals surface area (Å²) in [6.45, 7) is 0.239. The maximum atomic E-state index is 14.1. The molecule has 0 bridgehead atoms. The van der Waals surface area contributed by atoms with Crippen molar-refractivity contribution in [2.45, 2.75) is 12.6 Å². The van der Waals surface area contributed by atoms with Crippen LogP contribution in [0.2, 0.25) is 5.02 Å². The number of rotatable bonds is 3. The molecule has 0 saturated heterocycles. The molecule has 162 valence electrons. The molecule has 1 aliphatic rings. The number of nitrogens with one attached hydrogen (secondary N) is 1. The fraction of sp³-hybridized carbons (Fsp3) is 0.238. The maximum Gasteiger partial charge on any atom is 0.322 e. The van der Waals surface area contributed by atoms with E-state index >= 15 is 0 Å². The molecule has 6 nitrogen and oxygen atoms in total. The summed E-state index contributed by atoms with van der Waals surface area (Å²) < 4.78 is 52.2. The van der Waals surface area contributed by atoms with Gasteiger partial charge in [0, 0.05) is 23.7 Å². The number of aromatic nitrogens is 1. The zero-order chi connectivity index (χ0) is 22.3. The minimum Gasteiger partial charge on any atom is -0.481 e. The first kappa shape index (κ1) is 21.2. The van der Waals surface area contributed by atoms with Crippen LogP contribution in [-0.2, 0) is 11.3 Å². The van der Waals surface area contributed by atoms with E-state index in [0.29, 0.717) is 22.3 Å². The second-order valence-corrected chi connectivity index (χ2v) is 7.40. The summed E-state index contributed by atoms with van der Waals surface area (Å²) in [5.41, 5.74) is 1.29. The van der Waals surface area contributed by atoms with Crippen molar-refractivity contribution in [3.63, 3.8) is 0 Å². The molecule has 0 unspecified atom stereocenters. The Labute approximate surface area is 180 Å². The van der Waals surface area contributed by atoms with Crippen LogP contribution in [0.1, 0.15) is 17.3 Å². The summed E-state index contributed by atoms with van der Waals surface area (Å²) >= 11 is 5.77. The summed E-state index contributed by atoms with van der Waals surface area (Å²) in [5.74, 6) is -2.54. The third-order valence-electron chi connectivity index (χ3n) is 5.13. The number of methoxy groups -OCH3 is 1. The number of benzene rings is 2. The van der Waals surface area contributed by atoms with Gasteiger partial charge in [-0.05, 0) is 35.7 Å². The van der Waals surface area contributed by atoms with Crippen LogP contribution >= 0.6 is 11.6 Å². The summed E-state index contributed by atoms with van der Waals surface area (Å²) in [6, 6.07) is 4.70. The normalized spacial score (nSPS) is 15.5. The van der Waals surface area contributed by atoms with E-state index in [9.17, 15) is 18.0 Å². The lowest BCUT2D eigenvalue weighted by molar-refractivity contribution is 0.0525. The lowest BCUT2D eigenvalue weighted by Crippen LogP contribution is -2.39. The van der Waals surface area contributed by atoms with E-state index in [4.69, 9.17) is 21.1 Å². The van der Waals surface area contributed by atoms with Gasteiger partial charge in [-0.3, -0.25) is 0 Å². The largest absolute Gasteiger partial charge is 0.481 e. The Balaban J connectivity index is 1.74. The van der Waals surface area contributed by atoms with Crippen LogP contribution in [0.15, 0.2) is 30.3 Å². The van der Waals surface area contributed by atoms with Crippen LogP contribution < -0.4 is 10.1 Å². The second-order valence-electron chi connectivity index (χ2n) is 6.99. The number of nitrogens with zero attached hydrogens (tertiary/aromatic N) is 2. The Kier molecular flexibility index (Phi) is 5.63. The van der Waals surface area contributed by atoms with E-state index in [2.05, 4.69) is 10.3 Å². The van der Waals surface area contributed by atoms with Crippen LogP contribution in [0.4, 0.5) is 23.7 Å². The standard InChI is InChI=1S/C21H17ClF3N3O3/c1-28(21(29)26-10-3-4-14(23)13(22)5-10)18-9-31-8-17-19(18)11-6-15(24)16(25)7-12(11)20(27-17)30-2/h3-7,18H,8-9H2,1-2H3,(H,26,29)/t18-/m0/s1. The molecule has 4 rings (SSSR count). The Morgan fingerprint density at radius 3 is 2.58 bits per heavy atom. The van der Waals surface area contributed by atoms with Gasteiger partial charge in [0.1, 0.15) is 5.82 Å². The van der Waals surface area contributed by atoms with E-state index in [1.165, 1.54) is 31.2 Å². The first-order chi connectivity index (χ1) is 14.8. The highest BCUT2D eigenvalue weighted by Crippen LogP contribution is 2.38. The zero-order valence-electron chi connectivity index (χ0n) is 16.5. The molecule has 1 aliphatic heterocycles. The summed E-state index contributed by atoms with van der Waals surface area (Å²) in [4.78, 5) is 18.6. The van der Waals surface area contributed by atoms with Crippen molar-refractivity contribution < 1.29 is 27.4 Å². The molecule has 31 heavy (non-hydrogen) atoms. The molecule has 0 saturated carbocycles. The molecule has 0 fully saturated rings. The number of halogens is 4. The van der Waals surface area contributed by atoms with Crippen molar-refractivity contribution in [2.75, 3.05) is 26.1 Å². The zero-order valence-corrected chi connectivity index (χ0v) is 17.3. The smallest absolute Gasteiger partial charge is 0.322 e. The number of amides is 2. The Morgan fingerprint density at radius 2 is 1.90 bits per heavy atom. The van der Waals surface area contributed by atoms with Gasteiger partial charge in [0.15, 0.2) is 11.6 Å². The van der Waals surface area contributed by atoms with Crippen molar-refractivity contribution in [1.29, 1.82) is 0 Å². The van der Waals surface area contributed by atoms with E-state index < -0.39 is 29.5 Å². The highest BCUT2D eigenvalue weighted by molar-refractivity contribution is 6.31. The van der Waals surface area contributed by atoms with Gasteiger partial charge < -0.3 is 19.7 Å². The third-order valence-corrected chi connectivity index (χ3v) is 5.42. The topological polar surface area (TPSA) is 63.7 Å². The number of ether oxygens (including phenoxy) is 2. The van der Waals surface area contributed by atoms with Crippen molar-refractivity contribution in [3.05, 3.63) is 64.1 Å². The van der Waals surface area contributed by atoms with E-state index in [-0.39, 0.29) is 29.5 Å². The van der Waals surface area contributed by atoms with Gasteiger partial charge >= 0.3 is 6.03 Å².